The Bertz CT molecular complexity index is 597. The van der Waals surface area contributed by atoms with Gasteiger partial charge in [0.1, 0.15) is 12.3 Å². The van der Waals surface area contributed by atoms with E-state index >= 15 is 0 Å². The molecule has 1 heterocycles. The molecule has 3 aliphatic carbocycles. The molecule has 0 unspecified atom stereocenters. The van der Waals surface area contributed by atoms with E-state index in [1.165, 1.54) is 38.2 Å². The molecule has 3 saturated carbocycles. The van der Waals surface area contributed by atoms with Crippen molar-refractivity contribution in [2.75, 3.05) is 0 Å². The van der Waals surface area contributed by atoms with Gasteiger partial charge in [-0.05, 0) is 62.3 Å². The summed E-state index contributed by atoms with van der Waals surface area (Å²) in [6.07, 6.45) is 9.34. The average molecular weight is 316 g/mol. The Hall–Kier alpha value is -1.78. The van der Waals surface area contributed by atoms with Crippen molar-refractivity contribution >= 4 is 11.8 Å². The van der Waals surface area contributed by atoms with E-state index in [9.17, 15) is 9.59 Å². The van der Waals surface area contributed by atoms with Crippen LogP contribution in [0, 0.1) is 23.7 Å². The summed E-state index contributed by atoms with van der Waals surface area (Å²) in [5.74, 6) is 2.88. The van der Waals surface area contributed by atoms with Crippen LogP contribution in [0.5, 0.6) is 0 Å². The molecule has 2 amide bonds. The predicted molar refractivity (Wildman–Crippen MR) is 84.6 cm³/mol. The summed E-state index contributed by atoms with van der Waals surface area (Å²) < 4.78 is 4.90. The SMILES string of the molecule is C[C@H](NC(=O)c1ccoc1)C(=O)N[C@@H]1C[C@H]2C[C@H]1[C@H]1CCC[C@@H]21. The third-order valence-electron chi connectivity index (χ3n) is 6.28. The molecule has 0 radical (unpaired) electrons. The van der Waals surface area contributed by atoms with Gasteiger partial charge in [-0.3, -0.25) is 9.59 Å². The van der Waals surface area contributed by atoms with Gasteiger partial charge in [-0.25, -0.2) is 0 Å². The van der Waals surface area contributed by atoms with Gasteiger partial charge in [0.15, 0.2) is 0 Å². The van der Waals surface area contributed by atoms with E-state index in [1.54, 1.807) is 13.0 Å². The molecule has 124 valence electrons. The molecule has 0 spiro atoms. The van der Waals surface area contributed by atoms with Crippen molar-refractivity contribution in [2.45, 2.75) is 51.1 Å². The lowest BCUT2D eigenvalue weighted by atomic mass is 9.79. The van der Waals surface area contributed by atoms with Gasteiger partial charge < -0.3 is 15.1 Å². The van der Waals surface area contributed by atoms with Crippen LogP contribution in [0.15, 0.2) is 23.0 Å². The molecule has 4 rings (SSSR count). The van der Waals surface area contributed by atoms with Crippen LogP contribution in [-0.2, 0) is 4.79 Å². The first-order valence-electron chi connectivity index (χ1n) is 8.77. The topological polar surface area (TPSA) is 71.3 Å². The minimum absolute atomic E-state index is 0.0751. The van der Waals surface area contributed by atoms with Gasteiger partial charge in [0.05, 0.1) is 11.8 Å². The number of furan rings is 1. The zero-order chi connectivity index (χ0) is 16.0. The van der Waals surface area contributed by atoms with E-state index < -0.39 is 6.04 Å². The van der Waals surface area contributed by atoms with E-state index in [2.05, 4.69) is 10.6 Å². The third kappa shape index (κ3) is 2.56. The van der Waals surface area contributed by atoms with Crippen molar-refractivity contribution in [3.05, 3.63) is 24.2 Å². The van der Waals surface area contributed by atoms with E-state index in [-0.39, 0.29) is 11.8 Å². The molecule has 2 bridgehead atoms. The Kier molecular flexibility index (Phi) is 3.66. The number of hydrogen-bond acceptors (Lipinski definition) is 3. The lowest BCUT2D eigenvalue weighted by molar-refractivity contribution is -0.123. The highest BCUT2D eigenvalue weighted by atomic mass is 16.3. The number of hydrogen-bond donors (Lipinski definition) is 2. The van der Waals surface area contributed by atoms with Gasteiger partial charge in [0, 0.05) is 6.04 Å². The maximum atomic E-state index is 12.4. The molecule has 23 heavy (non-hydrogen) atoms. The van der Waals surface area contributed by atoms with Crippen molar-refractivity contribution in [3.63, 3.8) is 0 Å². The summed E-state index contributed by atoms with van der Waals surface area (Å²) in [6.45, 7) is 1.74. The molecular formula is C18H24N2O3. The minimum atomic E-state index is -0.532. The standard InChI is InChI=1S/C18H24N2O3/c1-10(19-18(22)11-5-6-23-9-11)17(21)20-16-8-12-7-15(16)14-4-2-3-13(12)14/h5-6,9-10,12-16H,2-4,7-8H2,1H3,(H,19,22)(H,20,21)/t10-,12+,13-,14-,15-,16+/m0/s1. The van der Waals surface area contributed by atoms with Crippen LogP contribution in [0.25, 0.3) is 0 Å². The summed E-state index contributed by atoms with van der Waals surface area (Å²) in [5, 5.41) is 5.93. The summed E-state index contributed by atoms with van der Waals surface area (Å²) in [6, 6.07) is 1.37. The molecule has 3 fully saturated rings. The first-order valence-corrected chi connectivity index (χ1v) is 8.77. The van der Waals surface area contributed by atoms with E-state index in [1.807, 2.05) is 0 Å². The van der Waals surface area contributed by atoms with Crippen molar-refractivity contribution in [1.29, 1.82) is 0 Å². The van der Waals surface area contributed by atoms with Crippen LogP contribution in [0.4, 0.5) is 0 Å². The Labute approximate surface area is 136 Å². The Morgan fingerprint density at radius 3 is 2.83 bits per heavy atom. The molecule has 1 aromatic heterocycles. The van der Waals surface area contributed by atoms with Gasteiger partial charge >= 0.3 is 0 Å². The van der Waals surface area contributed by atoms with Gasteiger partial charge in [-0.2, -0.15) is 0 Å². The van der Waals surface area contributed by atoms with Gasteiger partial charge in [-0.15, -0.1) is 0 Å². The van der Waals surface area contributed by atoms with Gasteiger partial charge in [0.2, 0.25) is 5.91 Å². The van der Waals surface area contributed by atoms with E-state index in [0.717, 1.165) is 24.2 Å². The quantitative estimate of drug-likeness (QED) is 0.895. The maximum absolute atomic E-state index is 12.4. The number of carbonyl (C=O) groups is 2. The van der Waals surface area contributed by atoms with Crippen molar-refractivity contribution in [1.82, 2.24) is 10.6 Å². The summed E-state index contributed by atoms with van der Waals surface area (Å²) in [4.78, 5) is 24.4. The smallest absolute Gasteiger partial charge is 0.255 e. The number of rotatable bonds is 4. The van der Waals surface area contributed by atoms with Crippen LogP contribution in [0.1, 0.15) is 49.4 Å². The number of nitrogens with one attached hydrogen (secondary N) is 2. The van der Waals surface area contributed by atoms with Crippen LogP contribution in [0.3, 0.4) is 0 Å². The lowest BCUT2D eigenvalue weighted by Gasteiger charge is -2.32. The van der Waals surface area contributed by atoms with Crippen molar-refractivity contribution in [2.24, 2.45) is 23.7 Å². The largest absolute Gasteiger partial charge is 0.472 e. The Morgan fingerprint density at radius 1 is 1.22 bits per heavy atom. The summed E-state index contributed by atoms with van der Waals surface area (Å²) >= 11 is 0. The lowest BCUT2D eigenvalue weighted by Crippen LogP contribution is -2.50. The Morgan fingerprint density at radius 2 is 2.04 bits per heavy atom. The normalized spacial score (nSPS) is 35.8. The summed E-state index contributed by atoms with van der Waals surface area (Å²) in [5.41, 5.74) is 0.443. The molecule has 1 aromatic rings. The molecule has 0 saturated heterocycles. The fourth-order valence-corrected chi connectivity index (χ4v) is 5.28. The molecule has 5 nitrogen and oxygen atoms in total. The number of carbonyl (C=O) groups excluding carboxylic acids is 2. The molecule has 0 aliphatic heterocycles. The van der Waals surface area contributed by atoms with Gasteiger partial charge in [-0.1, -0.05) is 6.42 Å². The first-order chi connectivity index (χ1) is 11.1. The minimum Gasteiger partial charge on any atom is -0.472 e. The van der Waals surface area contributed by atoms with Crippen LogP contribution in [0.2, 0.25) is 0 Å². The zero-order valence-electron chi connectivity index (χ0n) is 13.5. The zero-order valence-corrected chi connectivity index (χ0v) is 13.5. The van der Waals surface area contributed by atoms with E-state index in [4.69, 9.17) is 4.42 Å². The first kappa shape index (κ1) is 14.8. The van der Waals surface area contributed by atoms with Crippen LogP contribution < -0.4 is 10.6 Å². The molecule has 2 N–H and O–H groups in total. The fourth-order valence-electron chi connectivity index (χ4n) is 5.28. The monoisotopic (exact) mass is 316 g/mol. The third-order valence-corrected chi connectivity index (χ3v) is 6.28. The Balaban J connectivity index is 1.33. The fraction of sp³-hybridized carbons (Fsp3) is 0.667. The van der Waals surface area contributed by atoms with Crippen LogP contribution >= 0.6 is 0 Å². The highest BCUT2D eigenvalue weighted by Crippen LogP contribution is 2.58. The van der Waals surface area contributed by atoms with Crippen LogP contribution in [-0.4, -0.2) is 23.9 Å². The highest BCUT2D eigenvalue weighted by molar-refractivity contribution is 5.97. The second kappa shape index (κ2) is 5.69. The van der Waals surface area contributed by atoms with Crippen molar-refractivity contribution in [3.8, 4) is 0 Å². The van der Waals surface area contributed by atoms with Crippen molar-refractivity contribution < 1.29 is 14.0 Å². The second-order valence-electron chi connectivity index (χ2n) is 7.48. The molecule has 6 atom stereocenters. The van der Waals surface area contributed by atoms with E-state index in [0.29, 0.717) is 17.5 Å². The molecule has 5 heteroatoms. The molecular weight excluding hydrogens is 292 g/mol. The maximum Gasteiger partial charge on any atom is 0.255 e. The van der Waals surface area contributed by atoms with Gasteiger partial charge in [0.25, 0.3) is 5.91 Å². The average Bonchev–Trinajstić information content (AvgIpc) is 3.28. The number of amides is 2. The highest BCUT2D eigenvalue weighted by Gasteiger charge is 2.54. The second-order valence-corrected chi connectivity index (χ2v) is 7.48. The molecule has 3 aliphatic rings. The molecule has 0 aromatic carbocycles. The summed E-state index contributed by atoms with van der Waals surface area (Å²) in [7, 11) is 0. The number of fused-ring (bicyclic) bond motifs is 5. The predicted octanol–water partition coefficient (Wildman–Crippen LogP) is 2.34.